The zero-order chi connectivity index (χ0) is 16.2. The molecule has 1 saturated heterocycles. The maximum absolute atomic E-state index is 12.5. The average molecular weight is 372 g/mol. The number of amides is 1. The van der Waals surface area contributed by atoms with Gasteiger partial charge in [-0.3, -0.25) is 4.79 Å². The molecule has 0 bridgehead atoms. The molecule has 1 aromatic heterocycles. The van der Waals surface area contributed by atoms with E-state index in [1.807, 2.05) is 12.1 Å². The van der Waals surface area contributed by atoms with E-state index in [9.17, 15) is 4.79 Å². The summed E-state index contributed by atoms with van der Waals surface area (Å²) in [6.07, 6.45) is 2.20. The second-order valence-electron chi connectivity index (χ2n) is 5.28. The molecular formula is C17H14BrN3O2. The molecule has 1 fully saturated rings. The Labute approximate surface area is 142 Å². The zero-order valence-corrected chi connectivity index (χ0v) is 13.9. The van der Waals surface area contributed by atoms with Crippen LogP contribution in [-0.2, 0) is 0 Å². The van der Waals surface area contributed by atoms with Crippen LogP contribution in [0.2, 0.25) is 0 Å². The molecule has 1 unspecified atom stereocenters. The van der Waals surface area contributed by atoms with E-state index in [-0.39, 0.29) is 12.0 Å². The van der Waals surface area contributed by atoms with Gasteiger partial charge in [-0.15, -0.1) is 0 Å². The van der Waals surface area contributed by atoms with Gasteiger partial charge in [0, 0.05) is 35.3 Å². The molecule has 2 heterocycles. The second-order valence-corrected chi connectivity index (χ2v) is 6.20. The first-order valence-electron chi connectivity index (χ1n) is 7.23. The lowest BCUT2D eigenvalue weighted by atomic mass is 10.2. The van der Waals surface area contributed by atoms with E-state index in [4.69, 9.17) is 10.00 Å². The highest BCUT2D eigenvalue weighted by molar-refractivity contribution is 9.10. The number of nitrogens with zero attached hydrogens (tertiary/aromatic N) is 3. The van der Waals surface area contributed by atoms with Crippen LogP contribution in [0.4, 0.5) is 0 Å². The maximum atomic E-state index is 12.5. The van der Waals surface area contributed by atoms with Crippen molar-refractivity contribution < 1.29 is 9.53 Å². The molecule has 3 rings (SSSR count). The minimum atomic E-state index is -0.101. The topological polar surface area (TPSA) is 66.2 Å². The predicted octanol–water partition coefficient (Wildman–Crippen LogP) is 3.01. The van der Waals surface area contributed by atoms with Crippen molar-refractivity contribution in [1.82, 2.24) is 9.88 Å². The third kappa shape index (κ3) is 3.69. The van der Waals surface area contributed by atoms with Crippen molar-refractivity contribution in [3.8, 4) is 11.9 Å². The lowest BCUT2D eigenvalue weighted by Gasteiger charge is -2.17. The number of likely N-dealkylation sites (tertiary alicyclic amines) is 1. The average Bonchev–Trinajstić information content (AvgIpc) is 3.03. The van der Waals surface area contributed by atoms with E-state index >= 15 is 0 Å². The van der Waals surface area contributed by atoms with Crippen LogP contribution >= 0.6 is 15.9 Å². The van der Waals surface area contributed by atoms with Gasteiger partial charge in [0.15, 0.2) is 0 Å². The Morgan fingerprint density at radius 3 is 2.87 bits per heavy atom. The summed E-state index contributed by atoms with van der Waals surface area (Å²) < 4.78 is 6.73. The first-order chi connectivity index (χ1) is 11.2. The van der Waals surface area contributed by atoms with Crippen LogP contribution < -0.4 is 4.74 Å². The highest BCUT2D eigenvalue weighted by Gasteiger charge is 2.28. The van der Waals surface area contributed by atoms with Crippen molar-refractivity contribution in [2.45, 2.75) is 12.5 Å². The van der Waals surface area contributed by atoms with Gasteiger partial charge in [0.1, 0.15) is 6.10 Å². The van der Waals surface area contributed by atoms with Gasteiger partial charge in [0.25, 0.3) is 5.91 Å². The van der Waals surface area contributed by atoms with Gasteiger partial charge in [-0.2, -0.15) is 5.26 Å². The molecule has 0 radical (unpaired) electrons. The Balaban J connectivity index is 1.63. The minimum Gasteiger partial charge on any atom is -0.472 e. The summed E-state index contributed by atoms with van der Waals surface area (Å²) in [7, 11) is 0. The molecule has 0 spiro atoms. The Morgan fingerprint density at radius 1 is 1.35 bits per heavy atom. The first kappa shape index (κ1) is 15.5. The molecule has 1 aliphatic rings. The monoisotopic (exact) mass is 371 g/mol. The molecule has 116 valence electrons. The molecule has 0 saturated carbocycles. The second kappa shape index (κ2) is 6.80. The maximum Gasteiger partial charge on any atom is 0.253 e. The SMILES string of the molecule is N#Cc1ccnc(OC2CCN(C(=O)c3ccc(Br)cc3)C2)c1. The molecule has 1 amide bonds. The van der Waals surface area contributed by atoms with E-state index in [1.165, 1.54) is 0 Å². The summed E-state index contributed by atoms with van der Waals surface area (Å²) in [6, 6.07) is 12.6. The Bertz CT molecular complexity index is 755. The third-order valence-corrected chi connectivity index (χ3v) is 4.20. The number of benzene rings is 1. The predicted molar refractivity (Wildman–Crippen MR) is 88.0 cm³/mol. The number of hydrogen-bond donors (Lipinski definition) is 0. The summed E-state index contributed by atoms with van der Waals surface area (Å²) >= 11 is 3.36. The number of hydrogen-bond acceptors (Lipinski definition) is 4. The Morgan fingerprint density at radius 2 is 2.13 bits per heavy atom. The minimum absolute atomic E-state index is 0.00216. The smallest absolute Gasteiger partial charge is 0.253 e. The van der Waals surface area contributed by atoms with Crippen LogP contribution in [0.3, 0.4) is 0 Å². The standard InChI is InChI=1S/C17H14BrN3O2/c18-14-3-1-13(2-4-14)17(22)21-8-6-15(11-21)23-16-9-12(10-19)5-7-20-16/h1-5,7,9,15H,6,8,11H2. The zero-order valence-electron chi connectivity index (χ0n) is 12.3. The first-order valence-corrected chi connectivity index (χ1v) is 8.02. The van der Waals surface area contributed by atoms with Gasteiger partial charge in [0.05, 0.1) is 18.2 Å². The molecule has 0 aliphatic carbocycles. The third-order valence-electron chi connectivity index (χ3n) is 3.67. The molecule has 2 aromatic rings. The fourth-order valence-electron chi connectivity index (χ4n) is 2.50. The highest BCUT2D eigenvalue weighted by Crippen LogP contribution is 2.20. The van der Waals surface area contributed by atoms with E-state index < -0.39 is 0 Å². The molecule has 1 atom stereocenters. The highest BCUT2D eigenvalue weighted by atomic mass is 79.9. The van der Waals surface area contributed by atoms with Crippen LogP contribution in [0, 0.1) is 11.3 Å². The largest absolute Gasteiger partial charge is 0.472 e. The van der Waals surface area contributed by atoms with Gasteiger partial charge in [-0.05, 0) is 30.3 Å². The fourth-order valence-corrected chi connectivity index (χ4v) is 2.76. The summed E-state index contributed by atoms with van der Waals surface area (Å²) in [5, 5.41) is 8.89. The van der Waals surface area contributed by atoms with Crippen molar-refractivity contribution >= 4 is 21.8 Å². The number of carbonyl (C=O) groups is 1. The fraction of sp³-hybridized carbons (Fsp3) is 0.235. The molecule has 1 aliphatic heterocycles. The molecule has 1 aromatic carbocycles. The van der Waals surface area contributed by atoms with Gasteiger partial charge >= 0.3 is 0 Å². The van der Waals surface area contributed by atoms with Crippen LogP contribution in [-0.4, -0.2) is 35.0 Å². The van der Waals surface area contributed by atoms with Crippen molar-refractivity contribution in [3.63, 3.8) is 0 Å². The van der Waals surface area contributed by atoms with Crippen LogP contribution in [0.1, 0.15) is 22.3 Å². The summed E-state index contributed by atoms with van der Waals surface area (Å²) in [5.41, 5.74) is 1.18. The van der Waals surface area contributed by atoms with Crippen molar-refractivity contribution in [2.75, 3.05) is 13.1 Å². The molecule has 23 heavy (non-hydrogen) atoms. The van der Waals surface area contributed by atoms with E-state index in [0.717, 1.165) is 10.9 Å². The van der Waals surface area contributed by atoms with Crippen molar-refractivity contribution in [2.24, 2.45) is 0 Å². The van der Waals surface area contributed by atoms with Crippen LogP contribution in [0.5, 0.6) is 5.88 Å². The van der Waals surface area contributed by atoms with Gasteiger partial charge < -0.3 is 9.64 Å². The molecule has 5 nitrogen and oxygen atoms in total. The quantitative estimate of drug-likeness (QED) is 0.831. The normalized spacial score (nSPS) is 16.9. The lowest BCUT2D eigenvalue weighted by Crippen LogP contribution is -2.31. The molecule has 0 N–H and O–H groups in total. The summed E-state index contributed by atoms with van der Waals surface area (Å²) in [4.78, 5) is 18.3. The van der Waals surface area contributed by atoms with Gasteiger partial charge in [-0.1, -0.05) is 15.9 Å². The Hall–Kier alpha value is -2.39. The molecular weight excluding hydrogens is 358 g/mol. The number of nitriles is 1. The molecule has 6 heteroatoms. The van der Waals surface area contributed by atoms with Crippen LogP contribution in [0.25, 0.3) is 0 Å². The number of ether oxygens (including phenoxy) is 1. The number of pyridine rings is 1. The van der Waals surface area contributed by atoms with Gasteiger partial charge in [-0.25, -0.2) is 4.98 Å². The van der Waals surface area contributed by atoms with E-state index in [1.54, 1.807) is 35.4 Å². The van der Waals surface area contributed by atoms with E-state index in [0.29, 0.717) is 30.1 Å². The number of aromatic nitrogens is 1. The van der Waals surface area contributed by atoms with Gasteiger partial charge in [0.2, 0.25) is 5.88 Å². The lowest BCUT2D eigenvalue weighted by molar-refractivity contribution is 0.0771. The Kier molecular flexibility index (Phi) is 4.58. The van der Waals surface area contributed by atoms with Crippen LogP contribution in [0.15, 0.2) is 47.1 Å². The number of rotatable bonds is 3. The number of carbonyl (C=O) groups excluding carboxylic acids is 1. The van der Waals surface area contributed by atoms with E-state index in [2.05, 4.69) is 27.0 Å². The number of halogens is 1. The summed E-state index contributed by atoms with van der Waals surface area (Å²) in [6.45, 7) is 1.17. The van der Waals surface area contributed by atoms with Crippen molar-refractivity contribution in [1.29, 1.82) is 5.26 Å². The summed E-state index contributed by atoms with van der Waals surface area (Å²) in [5.74, 6) is 0.425. The van der Waals surface area contributed by atoms with Crippen molar-refractivity contribution in [3.05, 3.63) is 58.2 Å².